The summed E-state index contributed by atoms with van der Waals surface area (Å²) in [5.74, 6) is -0.405. The fraction of sp³-hybridized carbons (Fsp3) is 0.462. The Morgan fingerprint density at radius 1 is 1.41 bits per heavy atom. The molecule has 0 aromatic heterocycles. The first-order valence-electron chi connectivity index (χ1n) is 5.63. The van der Waals surface area contributed by atoms with Gasteiger partial charge in [0.25, 0.3) is 0 Å². The lowest BCUT2D eigenvalue weighted by Crippen LogP contribution is -2.33. The largest absolute Gasteiger partial charge is 0.378 e. The number of rotatable bonds is 4. The zero-order valence-electron chi connectivity index (χ0n) is 10.3. The lowest BCUT2D eigenvalue weighted by atomic mass is 9.95. The third-order valence-electron chi connectivity index (χ3n) is 3.20. The van der Waals surface area contributed by atoms with E-state index in [1.165, 1.54) is 0 Å². The number of halogens is 2. The van der Waals surface area contributed by atoms with Crippen LogP contribution in [-0.2, 0) is 0 Å². The summed E-state index contributed by atoms with van der Waals surface area (Å²) in [5.41, 5.74) is 0.610. The number of nitrogens with zero attached hydrogens (tertiary/aromatic N) is 1. The molecule has 1 rings (SSSR count). The van der Waals surface area contributed by atoms with E-state index >= 15 is 0 Å². The molecule has 0 radical (unpaired) electrons. The summed E-state index contributed by atoms with van der Waals surface area (Å²) in [6, 6.07) is 5.17. The molecule has 1 aromatic carbocycles. The van der Waals surface area contributed by atoms with E-state index in [0.29, 0.717) is 11.3 Å². The van der Waals surface area contributed by atoms with E-state index in [0.717, 1.165) is 12.8 Å². The Labute approximate surface area is 110 Å². The smallest absolute Gasteiger partial charge is 0.161 e. The average Bonchev–Trinajstić information content (AvgIpc) is 2.35. The van der Waals surface area contributed by atoms with Gasteiger partial charge in [-0.15, -0.1) is 0 Å². The van der Waals surface area contributed by atoms with Crippen molar-refractivity contribution in [3.05, 3.63) is 28.0 Å². The molecule has 0 saturated heterocycles. The van der Waals surface area contributed by atoms with Crippen LogP contribution >= 0.6 is 15.9 Å². The van der Waals surface area contributed by atoms with Gasteiger partial charge in [-0.25, -0.2) is 4.39 Å². The number of hydrogen-bond acceptors (Lipinski definition) is 2. The van der Waals surface area contributed by atoms with Crippen molar-refractivity contribution in [2.24, 2.45) is 0 Å². The minimum atomic E-state index is -0.405. The SMILES string of the molecule is CCC(C)(CC)Nc1ccc(C#N)c(Br)c1F. The quantitative estimate of drug-likeness (QED) is 0.891. The Balaban J connectivity index is 3.10. The maximum Gasteiger partial charge on any atom is 0.161 e. The van der Waals surface area contributed by atoms with Gasteiger partial charge in [-0.05, 0) is 47.8 Å². The minimum absolute atomic E-state index is 0.131. The summed E-state index contributed by atoms with van der Waals surface area (Å²) in [6.45, 7) is 6.18. The van der Waals surface area contributed by atoms with Gasteiger partial charge < -0.3 is 5.32 Å². The molecule has 2 nitrogen and oxygen atoms in total. The number of anilines is 1. The first-order valence-corrected chi connectivity index (χ1v) is 6.43. The standard InChI is InChI=1S/C13H16BrFN2/c1-4-13(3,5-2)17-10-7-6-9(8-16)11(14)12(10)15/h6-7,17H,4-5H2,1-3H3. The molecule has 0 saturated carbocycles. The second-order valence-corrected chi connectivity index (χ2v) is 5.09. The van der Waals surface area contributed by atoms with E-state index in [2.05, 4.69) is 42.0 Å². The van der Waals surface area contributed by atoms with Gasteiger partial charge in [0, 0.05) is 5.54 Å². The molecule has 92 valence electrons. The van der Waals surface area contributed by atoms with Crippen molar-refractivity contribution in [1.82, 2.24) is 0 Å². The molecule has 0 aliphatic carbocycles. The highest BCUT2D eigenvalue weighted by Gasteiger charge is 2.21. The topological polar surface area (TPSA) is 35.8 Å². The van der Waals surface area contributed by atoms with E-state index < -0.39 is 5.82 Å². The molecule has 0 atom stereocenters. The summed E-state index contributed by atoms with van der Waals surface area (Å²) in [6.07, 6.45) is 1.81. The molecule has 0 bridgehead atoms. The second-order valence-electron chi connectivity index (χ2n) is 4.29. The average molecular weight is 299 g/mol. The Morgan fingerprint density at radius 3 is 2.47 bits per heavy atom. The Hall–Kier alpha value is -1.08. The third-order valence-corrected chi connectivity index (χ3v) is 3.98. The second kappa shape index (κ2) is 5.50. The summed E-state index contributed by atoms with van der Waals surface area (Å²) in [4.78, 5) is 0. The van der Waals surface area contributed by atoms with Crippen molar-refractivity contribution in [2.75, 3.05) is 5.32 Å². The molecule has 4 heteroatoms. The van der Waals surface area contributed by atoms with Crippen molar-refractivity contribution < 1.29 is 4.39 Å². The molecule has 1 N–H and O–H groups in total. The number of benzene rings is 1. The Bertz CT molecular complexity index is 447. The van der Waals surface area contributed by atoms with E-state index in [4.69, 9.17) is 5.26 Å². The summed E-state index contributed by atoms with van der Waals surface area (Å²) in [7, 11) is 0. The van der Waals surface area contributed by atoms with Crippen LogP contribution in [0.1, 0.15) is 39.2 Å². The highest BCUT2D eigenvalue weighted by molar-refractivity contribution is 9.10. The van der Waals surface area contributed by atoms with Gasteiger partial charge in [0.2, 0.25) is 0 Å². The first kappa shape index (κ1) is 14.0. The van der Waals surface area contributed by atoms with Crippen LogP contribution in [0.4, 0.5) is 10.1 Å². The molecule has 0 amide bonds. The van der Waals surface area contributed by atoms with Crippen molar-refractivity contribution in [1.29, 1.82) is 5.26 Å². The van der Waals surface area contributed by atoms with Gasteiger partial charge in [-0.1, -0.05) is 13.8 Å². The molecule has 0 aliphatic heterocycles. The van der Waals surface area contributed by atoms with Gasteiger partial charge in [-0.2, -0.15) is 5.26 Å². The van der Waals surface area contributed by atoms with Crippen LogP contribution < -0.4 is 5.32 Å². The zero-order valence-corrected chi connectivity index (χ0v) is 11.9. The van der Waals surface area contributed by atoms with Crippen molar-refractivity contribution in [2.45, 2.75) is 39.2 Å². The zero-order chi connectivity index (χ0) is 13.1. The van der Waals surface area contributed by atoms with Gasteiger partial charge >= 0.3 is 0 Å². The lowest BCUT2D eigenvalue weighted by molar-refractivity contribution is 0.473. The van der Waals surface area contributed by atoms with Crippen molar-refractivity contribution >= 4 is 21.6 Å². The molecule has 1 aromatic rings. The highest BCUT2D eigenvalue weighted by Crippen LogP contribution is 2.30. The van der Waals surface area contributed by atoms with E-state index in [1.54, 1.807) is 12.1 Å². The fourth-order valence-electron chi connectivity index (χ4n) is 1.48. The molecule has 17 heavy (non-hydrogen) atoms. The molecular formula is C13H16BrFN2. The normalized spacial score (nSPS) is 11.1. The molecule has 0 aliphatic rings. The lowest BCUT2D eigenvalue weighted by Gasteiger charge is -2.30. The van der Waals surface area contributed by atoms with E-state index in [1.807, 2.05) is 6.07 Å². The Kier molecular flexibility index (Phi) is 4.53. The number of nitriles is 1. The van der Waals surface area contributed by atoms with Crippen molar-refractivity contribution in [3.63, 3.8) is 0 Å². The monoisotopic (exact) mass is 298 g/mol. The van der Waals surface area contributed by atoms with Crippen LogP contribution in [0.5, 0.6) is 0 Å². The van der Waals surface area contributed by atoms with Crippen molar-refractivity contribution in [3.8, 4) is 6.07 Å². The maximum atomic E-state index is 14.0. The van der Waals surface area contributed by atoms with Crippen LogP contribution in [0.25, 0.3) is 0 Å². The van der Waals surface area contributed by atoms with Gasteiger partial charge in [0.1, 0.15) is 6.07 Å². The van der Waals surface area contributed by atoms with Crippen LogP contribution in [-0.4, -0.2) is 5.54 Å². The number of nitrogens with one attached hydrogen (secondary N) is 1. The predicted octanol–water partition coefficient (Wildman–Crippen LogP) is 4.45. The van der Waals surface area contributed by atoms with Crippen LogP contribution in [0.3, 0.4) is 0 Å². The highest BCUT2D eigenvalue weighted by atomic mass is 79.9. The van der Waals surface area contributed by atoms with Gasteiger partial charge in [0.15, 0.2) is 5.82 Å². The summed E-state index contributed by atoms with van der Waals surface area (Å²) < 4.78 is 14.2. The molecule has 0 spiro atoms. The third kappa shape index (κ3) is 2.98. The summed E-state index contributed by atoms with van der Waals surface area (Å²) >= 11 is 3.11. The maximum absolute atomic E-state index is 14.0. The van der Waals surface area contributed by atoms with Crippen LogP contribution in [0, 0.1) is 17.1 Å². The Morgan fingerprint density at radius 2 is 2.00 bits per heavy atom. The van der Waals surface area contributed by atoms with Crippen LogP contribution in [0.15, 0.2) is 16.6 Å². The minimum Gasteiger partial charge on any atom is -0.378 e. The number of hydrogen-bond donors (Lipinski definition) is 1. The van der Waals surface area contributed by atoms with Gasteiger partial charge in [0.05, 0.1) is 15.7 Å². The molecular weight excluding hydrogens is 283 g/mol. The molecule has 0 fully saturated rings. The van der Waals surface area contributed by atoms with Gasteiger partial charge in [-0.3, -0.25) is 0 Å². The van der Waals surface area contributed by atoms with E-state index in [-0.39, 0.29) is 10.0 Å². The fourth-order valence-corrected chi connectivity index (χ4v) is 1.92. The first-order chi connectivity index (χ1) is 7.97. The van der Waals surface area contributed by atoms with Crippen LogP contribution in [0.2, 0.25) is 0 Å². The van der Waals surface area contributed by atoms with E-state index in [9.17, 15) is 4.39 Å². The molecule has 0 heterocycles. The predicted molar refractivity (Wildman–Crippen MR) is 71.4 cm³/mol. The summed E-state index contributed by atoms with van der Waals surface area (Å²) in [5, 5.41) is 12.0. The molecule has 0 unspecified atom stereocenters.